The summed E-state index contributed by atoms with van der Waals surface area (Å²) < 4.78 is 42.7. The van der Waals surface area contributed by atoms with E-state index in [0.717, 1.165) is 16.3 Å². The van der Waals surface area contributed by atoms with Gasteiger partial charge in [-0.15, -0.1) is 0 Å². The molecule has 1 amide bonds. The molecule has 4 aromatic rings. The zero-order valence-corrected chi connectivity index (χ0v) is 17.8. The van der Waals surface area contributed by atoms with Gasteiger partial charge in [0.25, 0.3) is 0 Å². The molecule has 0 saturated carbocycles. The van der Waals surface area contributed by atoms with Crippen molar-refractivity contribution in [1.82, 2.24) is 19.7 Å². The van der Waals surface area contributed by atoms with E-state index in [9.17, 15) is 28.2 Å². The second-order valence-electron chi connectivity index (χ2n) is 7.79. The molecule has 0 fully saturated rings. The standard InChI is InChI=1S/C23H21F3N4O3/c1-13(19-12-29(2)20-7-6-17(32)10-18(19)20)22(33)27-11-15-9-21(23(24,25)26)28-30(15)14-4-3-5-16(31)8-14/h3-10,12-13,31-32H,11H2,1-2H3,(H,27,33). The minimum absolute atomic E-state index is 0.0669. The summed E-state index contributed by atoms with van der Waals surface area (Å²) in [4.78, 5) is 12.9. The molecule has 0 spiro atoms. The molecular weight excluding hydrogens is 437 g/mol. The minimum atomic E-state index is -4.67. The van der Waals surface area contributed by atoms with Crippen LogP contribution in [0.25, 0.3) is 16.6 Å². The number of phenolic OH excluding ortho intramolecular Hbond substituents is 2. The highest BCUT2D eigenvalue weighted by Gasteiger charge is 2.35. The van der Waals surface area contributed by atoms with Gasteiger partial charge < -0.3 is 20.1 Å². The zero-order chi connectivity index (χ0) is 23.9. The normalized spacial score (nSPS) is 12.8. The first-order valence-corrected chi connectivity index (χ1v) is 10.1. The summed E-state index contributed by atoms with van der Waals surface area (Å²) >= 11 is 0. The number of amides is 1. The quantitative estimate of drug-likeness (QED) is 0.418. The van der Waals surface area contributed by atoms with Crippen molar-refractivity contribution in [3.05, 3.63) is 71.7 Å². The van der Waals surface area contributed by atoms with E-state index in [-0.39, 0.29) is 29.4 Å². The number of rotatable bonds is 5. The number of nitrogens with zero attached hydrogens (tertiary/aromatic N) is 3. The third kappa shape index (κ3) is 4.36. The number of nitrogens with one attached hydrogen (secondary N) is 1. The van der Waals surface area contributed by atoms with E-state index in [1.165, 1.54) is 24.3 Å². The van der Waals surface area contributed by atoms with Gasteiger partial charge in [-0.05, 0) is 48.9 Å². The number of alkyl halides is 3. The number of carbonyl (C=O) groups is 1. The molecule has 0 bridgehead atoms. The fraction of sp³-hybridized carbons (Fsp3) is 0.217. The minimum Gasteiger partial charge on any atom is -0.508 e. The number of aromatic nitrogens is 3. The third-order valence-electron chi connectivity index (χ3n) is 5.46. The van der Waals surface area contributed by atoms with E-state index in [0.29, 0.717) is 10.9 Å². The lowest BCUT2D eigenvalue weighted by atomic mass is 9.99. The third-order valence-corrected chi connectivity index (χ3v) is 5.46. The molecule has 7 nitrogen and oxygen atoms in total. The molecule has 0 radical (unpaired) electrons. The van der Waals surface area contributed by atoms with Crippen molar-refractivity contribution in [2.24, 2.45) is 7.05 Å². The molecule has 1 unspecified atom stereocenters. The van der Waals surface area contributed by atoms with E-state index in [4.69, 9.17) is 0 Å². The van der Waals surface area contributed by atoms with Crippen molar-refractivity contribution < 1.29 is 28.2 Å². The molecule has 2 heterocycles. The molecule has 2 aromatic heterocycles. The molecule has 1 atom stereocenters. The van der Waals surface area contributed by atoms with Crippen LogP contribution in [0.15, 0.2) is 54.7 Å². The highest BCUT2D eigenvalue weighted by atomic mass is 19.4. The Morgan fingerprint density at radius 3 is 2.55 bits per heavy atom. The Balaban J connectivity index is 1.61. The van der Waals surface area contributed by atoms with Gasteiger partial charge in [0.05, 0.1) is 23.8 Å². The average Bonchev–Trinajstić information content (AvgIpc) is 3.33. The van der Waals surface area contributed by atoms with Gasteiger partial charge in [-0.3, -0.25) is 4.79 Å². The fourth-order valence-electron chi connectivity index (χ4n) is 3.76. The molecule has 0 saturated heterocycles. The van der Waals surface area contributed by atoms with Crippen LogP contribution in [0.2, 0.25) is 0 Å². The van der Waals surface area contributed by atoms with Crippen molar-refractivity contribution in [1.29, 1.82) is 0 Å². The Hall–Kier alpha value is -3.95. The van der Waals surface area contributed by atoms with Gasteiger partial charge in [0.1, 0.15) is 11.5 Å². The first-order chi connectivity index (χ1) is 15.5. The summed E-state index contributed by atoms with van der Waals surface area (Å²) in [6.45, 7) is 1.47. The van der Waals surface area contributed by atoms with Crippen molar-refractivity contribution in [3.8, 4) is 17.2 Å². The Bertz CT molecular complexity index is 1340. The lowest BCUT2D eigenvalue weighted by Gasteiger charge is -2.13. The molecule has 0 aliphatic carbocycles. The van der Waals surface area contributed by atoms with E-state index in [2.05, 4.69) is 10.4 Å². The Morgan fingerprint density at radius 1 is 1.12 bits per heavy atom. The maximum absolute atomic E-state index is 13.3. The maximum atomic E-state index is 13.3. The molecule has 2 aromatic carbocycles. The fourth-order valence-corrected chi connectivity index (χ4v) is 3.76. The summed E-state index contributed by atoms with van der Waals surface area (Å²) in [6.07, 6.45) is -2.88. The van der Waals surface area contributed by atoms with Gasteiger partial charge in [0.15, 0.2) is 5.69 Å². The molecule has 10 heteroatoms. The first kappa shape index (κ1) is 22.3. The molecular formula is C23H21F3N4O3. The SMILES string of the molecule is CC(C(=O)NCc1cc(C(F)(F)F)nn1-c1cccc(O)c1)c1cn(C)c2ccc(O)cc12. The first-order valence-electron chi connectivity index (χ1n) is 10.1. The predicted octanol–water partition coefficient (Wildman–Crippen LogP) is 4.21. The topological polar surface area (TPSA) is 92.3 Å². The summed E-state index contributed by atoms with van der Waals surface area (Å²) in [6, 6.07) is 11.4. The number of hydrogen-bond donors (Lipinski definition) is 3. The summed E-state index contributed by atoms with van der Waals surface area (Å²) in [7, 11) is 1.82. The van der Waals surface area contributed by atoms with E-state index in [1.807, 2.05) is 11.6 Å². The lowest BCUT2D eigenvalue weighted by molar-refractivity contribution is -0.141. The van der Waals surface area contributed by atoms with E-state index in [1.54, 1.807) is 31.3 Å². The Morgan fingerprint density at radius 2 is 1.85 bits per heavy atom. The summed E-state index contributed by atoms with van der Waals surface area (Å²) in [5.41, 5.74) is 0.738. The van der Waals surface area contributed by atoms with Crippen LogP contribution in [0.5, 0.6) is 11.5 Å². The number of aryl methyl sites for hydroxylation is 1. The van der Waals surface area contributed by atoms with Crippen LogP contribution in [-0.4, -0.2) is 30.5 Å². The number of hydrogen-bond acceptors (Lipinski definition) is 4. The van der Waals surface area contributed by atoms with Crippen molar-refractivity contribution in [3.63, 3.8) is 0 Å². The average molecular weight is 458 g/mol. The second kappa shape index (κ2) is 8.19. The molecule has 3 N–H and O–H groups in total. The number of phenols is 2. The molecule has 0 aliphatic rings. The maximum Gasteiger partial charge on any atom is 0.435 e. The molecule has 33 heavy (non-hydrogen) atoms. The molecule has 0 aliphatic heterocycles. The van der Waals surface area contributed by atoms with Crippen LogP contribution in [-0.2, 0) is 24.6 Å². The monoisotopic (exact) mass is 458 g/mol. The zero-order valence-electron chi connectivity index (χ0n) is 17.8. The summed E-state index contributed by atoms with van der Waals surface area (Å²) in [5, 5.41) is 26.5. The van der Waals surface area contributed by atoms with Crippen molar-refractivity contribution >= 4 is 16.8 Å². The van der Waals surface area contributed by atoms with Gasteiger partial charge in [-0.25, -0.2) is 4.68 Å². The number of aromatic hydroxyl groups is 2. The second-order valence-corrected chi connectivity index (χ2v) is 7.79. The van der Waals surface area contributed by atoms with Crippen LogP contribution in [0.1, 0.15) is 29.8 Å². The van der Waals surface area contributed by atoms with Gasteiger partial charge in [0, 0.05) is 30.2 Å². The number of fused-ring (bicyclic) bond motifs is 1. The Labute approximate surface area is 186 Å². The lowest BCUT2D eigenvalue weighted by Crippen LogP contribution is -2.28. The van der Waals surface area contributed by atoms with Gasteiger partial charge >= 0.3 is 6.18 Å². The highest BCUT2D eigenvalue weighted by molar-refractivity contribution is 5.92. The van der Waals surface area contributed by atoms with Crippen molar-refractivity contribution in [2.75, 3.05) is 0 Å². The molecule has 4 rings (SSSR count). The van der Waals surface area contributed by atoms with Gasteiger partial charge in [-0.1, -0.05) is 6.07 Å². The van der Waals surface area contributed by atoms with Crippen LogP contribution < -0.4 is 5.32 Å². The largest absolute Gasteiger partial charge is 0.508 e. The number of carbonyl (C=O) groups excluding carboxylic acids is 1. The van der Waals surface area contributed by atoms with Gasteiger partial charge in [-0.2, -0.15) is 18.3 Å². The number of benzene rings is 2. The van der Waals surface area contributed by atoms with Crippen molar-refractivity contribution in [2.45, 2.75) is 25.6 Å². The predicted molar refractivity (Wildman–Crippen MR) is 115 cm³/mol. The van der Waals surface area contributed by atoms with Crippen LogP contribution >= 0.6 is 0 Å². The number of halogens is 3. The molecule has 172 valence electrons. The van der Waals surface area contributed by atoms with Gasteiger partial charge in [0.2, 0.25) is 5.91 Å². The highest BCUT2D eigenvalue weighted by Crippen LogP contribution is 2.31. The smallest absolute Gasteiger partial charge is 0.435 e. The van der Waals surface area contributed by atoms with Crippen LogP contribution in [0, 0.1) is 0 Å². The van der Waals surface area contributed by atoms with E-state index >= 15 is 0 Å². The Kier molecular flexibility index (Phi) is 5.52. The van der Waals surface area contributed by atoms with Crippen LogP contribution in [0.4, 0.5) is 13.2 Å². The van der Waals surface area contributed by atoms with Crippen LogP contribution in [0.3, 0.4) is 0 Å². The summed E-state index contributed by atoms with van der Waals surface area (Å²) in [5.74, 6) is -1.09. The van der Waals surface area contributed by atoms with E-state index < -0.39 is 23.7 Å².